The van der Waals surface area contributed by atoms with Gasteiger partial charge >= 0.3 is 5.97 Å². The van der Waals surface area contributed by atoms with Crippen molar-refractivity contribution in [3.63, 3.8) is 0 Å². The topological polar surface area (TPSA) is 37.3 Å². The highest BCUT2D eigenvalue weighted by Gasteiger charge is 2.15. The van der Waals surface area contributed by atoms with Crippen LogP contribution in [-0.4, -0.2) is 16.3 Å². The molecule has 0 aliphatic rings. The molecule has 0 heterocycles. The third kappa shape index (κ3) is 3.24. The zero-order valence-corrected chi connectivity index (χ0v) is 11.1. The predicted octanol–water partition coefficient (Wildman–Crippen LogP) is 4.04. The van der Waals surface area contributed by atoms with Crippen molar-refractivity contribution in [2.24, 2.45) is 0 Å². The minimum Gasteiger partial charge on any atom is -0.478 e. The molecule has 1 unspecified atom stereocenters. The second kappa shape index (κ2) is 5.56. The number of benzene rings is 1. The van der Waals surface area contributed by atoms with Crippen molar-refractivity contribution in [3.8, 4) is 0 Å². The summed E-state index contributed by atoms with van der Waals surface area (Å²) in [5, 5.41) is 9.52. The SMILES string of the molecule is CCC(C)Sc1cccc(Br)c1C(=O)O. The maximum atomic E-state index is 11.1. The Labute approximate surface area is 102 Å². The van der Waals surface area contributed by atoms with Crippen LogP contribution in [0.2, 0.25) is 0 Å². The normalized spacial score (nSPS) is 12.5. The average Bonchev–Trinajstić information content (AvgIpc) is 2.17. The number of halogens is 1. The fourth-order valence-corrected chi connectivity index (χ4v) is 2.85. The molecule has 2 nitrogen and oxygen atoms in total. The summed E-state index contributed by atoms with van der Waals surface area (Å²) < 4.78 is 0.642. The fraction of sp³-hybridized carbons (Fsp3) is 0.364. The molecule has 0 aliphatic heterocycles. The van der Waals surface area contributed by atoms with Gasteiger partial charge < -0.3 is 5.11 Å². The van der Waals surface area contributed by atoms with Crippen LogP contribution in [0.3, 0.4) is 0 Å². The second-order valence-corrected chi connectivity index (χ2v) is 5.59. The maximum absolute atomic E-state index is 11.1. The van der Waals surface area contributed by atoms with E-state index in [1.165, 1.54) is 0 Å². The van der Waals surface area contributed by atoms with Gasteiger partial charge in [0.2, 0.25) is 0 Å². The molecule has 0 radical (unpaired) electrons. The van der Waals surface area contributed by atoms with Gasteiger partial charge in [-0.15, -0.1) is 11.8 Å². The Bertz CT molecular complexity index is 366. The van der Waals surface area contributed by atoms with Gasteiger partial charge in [0.05, 0.1) is 5.56 Å². The molecule has 0 aliphatic carbocycles. The summed E-state index contributed by atoms with van der Waals surface area (Å²) in [7, 11) is 0. The second-order valence-electron chi connectivity index (χ2n) is 3.25. The Morgan fingerprint density at radius 3 is 2.80 bits per heavy atom. The number of hydrogen-bond acceptors (Lipinski definition) is 2. The van der Waals surface area contributed by atoms with Gasteiger partial charge in [-0.05, 0) is 34.5 Å². The fourth-order valence-electron chi connectivity index (χ4n) is 1.11. The lowest BCUT2D eigenvalue weighted by molar-refractivity contribution is 0.0692. The van der Waals surface area contributed by atoms with Gasteiger partial charge in [0, 0.05) is 14.6 Å². The molecule has 1 atom stereocenters. The standard InChI is InChI=1S/C11H13BrO2S/c1-3-7(2)15-9-6-4-5-8(12)10(9)11(13)14/h4-7H,3H2,1-2H3,(H,13,14). The number of hydrogen-bond donors (Lipinski definition) is 1. The minimum atomic E-state index is -0.881. The van der Waals surface area contributed by atoms with Gasteiger partial charge in [0.1, 0.15) is 0 Å². The number of carboxylic acids is 1. The highest BCUT2D eigenvalue weighted by Crippen LogP contribution is 2.32. The van der Waals surface area contributed by atoms with Crippen LogP contribution in [0.15, 0.2) is 27.6 Å². The largest absolute Gasteiger partial charge is 0.478 e. The van der Waals surface area contributed by atoms with E-state index in [0.717, 1.165) is 11.3 Å². The Kier molecular flexibility index (Phi) is 4.67. The van der Waals surface area contributed by atoms with Crippen molar-refractivity contribution in [1.82, 2.24) is 0 Å². The Hall–Kier alpha value is -0.480. The molecule has 0 spiro atoms. The first-order chi connectivity index (χ1) is 7.06. The van der Waals surface area contributed by atoms with Crippen LogP contribution in [0.4, 0.5) is 0 Å². The lowest BCUT2D eigenvalue weighted by atomic mass is 10.2. The smallest absolute Gasteiger partial charge is 0.337 e. The van der Waals surface area contributed by atoms with E-state index in [1.807, 2.05) is 12.1 Å². The molecule has 0 bridgehead atoms. The molecule has 15 heavy (non-hydrogen) atoms. The minimum absolute atomic E-state index is 0.364. The highest BCUT2D eigenvalue weighted by atomic mass is 79.9. The number of rotatable bonds is 4. The van der Waals surface area contributed by atoms with Crippen molar-refractivity contribution in [2.45, 2.75) is 30.4 Å². The summed E-state index contributed by atoms with van der Waals surface area (Å²) >= 11 is 4.87. The number of aromatic carboxylic acids is 1. The molecule has 0 saturated carbocycles. The van der Waals surface area contributed by atoms with Crippen molar-refractivity contribution in [3.05, 3.63) is 28.2 Å². The Morgan fingerprint density at radius 1 is 1.60 bits per heavy atom. The number of carboxylic acid groups (broad SMARTS) is 1. The van der Waals surface area contributed by atoms with E-state index in [1.54, 1.807) is 17.8 Å². The van der Waals surface area contributed by atoms with Gasteiger partial charge in [-0.3, -0.25) is 0 Å². The van der Waals surface area contributed by atoms with Crippen molar-refractivity contribution < 1.29 is 9.90 Å². The molecular weight excluding hydrogens is 276 g/mol. The van der Waals surface area contributed by atoms with Crippen LogP contribution in [0.5, 0.6) is 0 Å². The van der Waals surface area contributed by atoms with Gasteiger partial charge in [-0.2, -0.15) is 0 Å². The Morgan fingerprint density at radius 2 is 2.27 bits per heavy atom. The first-order valence-electron chi connectivity index (χ1n) is 4.74. The monoisotopic (exact) mass is 288 g/mol. The summed E-state index contributed by atoms with van der Waals surface area (Å²) in [5.74, 6) is -0.881. The van der Waals surface area contributed by atoms with Gasteiger partial charge in [-0.25, -0.2) is 4.79 Å². The number of thioether (sulfide) groups is 1. The van der Waals surface area contributed by atoms with Gasteiger partial charge in [0.15, 0.2) is 0 Å². The first kappa shape index (κ1) is 12.6. The lowest BCUT2D eigenvalue weighted by Crippen LogP contribution is -2.02. The van der Waals surface area contributed by atoms with Crippen LogP contribution >= 0.6 is 27.7 Å². The zero-order chi connectivity index (χ0) is 11.4. The average molecular weight is 289 g/mol. The predicted molar refractivity (Wildman–Crippen MR) is 66.7 cm³/mol. The van der Waals surface area contributed by atoms with Crippen LogP contribution in [0, 0.1) is 0 Å². The van der Waals surface area contributed by atoms with Crippen LogP contribution in [0.1, 0.15) is 30.6 Å². The lowest BCUT2D eigenvalue weighted by Gasteiger charge is -2.11. The molecule has 1 aromatic rings. The number of carbonyl (C=O) groups is 1. The molecule has 0 amide bonds. The highest BCUT2D eigenvalue weighted by molar-refractivity contribution is 9.10. The van der Waals surface area contributed by atoms with Crippen LogP contribution < -0.4 is 0 Å². The molecule has 0 aromatic heterocycles. The van der Waals surface area contributed by atoms with E-state index in [2.05, 4.69) is 29.8 Å². The maximum Gasteiger partial charge on any atom is 0.337 e. The summed E-state index contributed by atoms with van der Waals surface area (Å²) in [4.78, 5) is 11.9. The summed E-state index contributed by atoms with van der Waals surface area (Å²) in [6, 6.07) is 5.47. The summed E-state index contributed by atoms with van der Waals surface area (Å²) in [6.45, 7) is 4.19. The van der Waals surface area contributed by atoms with Gasteiger partial charge in [-0.1, -0.05) is 19.9 Å². The van der Waals surface area contributed by atoms with Gasteiger partial charge in [0.25, 0.3) is 0 Å². The van der Waals surface area contributed by atoms with E-state index < -0.39 is 5.97 Å². The molecule has 0 fully saturated rings. The Balaban J connectivity index is 3.06. The molecule has 1 rings (SSSR count). The van der Waals surface area contributed by atoms with E-state index in [4.69, 9.17) is 5.11 Å². The molecular formula is C11H13BrO2S. The quantitative estimate of drug-likeness (QED) is 0.850. The molecule has 4 heteroatoms. The third-order valence-electron chi connectivity index (χ3n) is 2.09. The third-order valence-corrected chi connectivity index (χ3v) is 4.08. The molecule has 0 saturated heterocycles. The molecule has 1 aromatic carbocycles. The van der Waals surface area contributed by atoms with Crippen LogP contribution in [-0.2, 0) is 0 Å². The van der Waals surface area contributed by atoms with E-state index in [9.17, 15) is 4.79 Å². The first-order valence-corrected chi connectivity index (χ1v) is 6.42. The van der Waals surface area contributed by atoms with Crippen LogP contribution in [0.25, 0.3) is 0 Å². The van der Waals surface area contributed by atoms with Crippen molar-refractivity contribution in [2.75, 3.05) is 0 Å². The van der Waals surface area contributed by atoms with E-state index in [0.29, 0.717) is 15.3 Å². The molecule has 82 valence electrons. The van der Waals surface area contributed by atoms with Crippen molar-refractivity contribution >= 4 is 33.7 Å². The van der Waals surface area contributed by atoms with Crippen molar-refractivity contribution in [1.29, 1.82) is 0 Å². The zero-order valence-electron chi connectivity index (χ0n) is 8.66. The summed E-state index contributed by atoms with van der Waals surface area (Å²) in [5.41, 5.74) is 0.364. The summed E-state index contributed by atoms with van der Waals surface area (Å²) in [6.07, 6.45) is 1.02. The van der Waals surface area contributed by atoms with E-state index >= 15 is 0 Å². The van der Waals surface area contributed by atoms with E-state index in [-0.39, 0.29) is 0 Å². The molecule has 1 N–H and O–H groups in total.